The van der Waals surface area contributed by atoms with E-state index in [1.54, 1.807) is 18.2 Å². The Morgan fingerprint density at radius 1 is 1.00 bits per heavy atom. The number of hydrogen-bond donors (Lipinski definition) is 2. The molecule has 0 saturated heterocycles. The quantitative estimate of drug-likeness (QED) is 0.540. The molecule has 0 heterocycles. The van der Waals surface area contributed by atoms with Crippen molar-refractivity contribution in [3.05, 3.63) is 59.7 Å². The van der Waals surface area contributed by atoms with Gasteiger partial charge in [0, 0.05) is 17.3 Å². The maximum absolute atomic E-state index is 12.8. The van der Waals surface area contributed by atoms with Crippen LogP contribution in [0.2, 0.25) is 0 Å². The molecule has 0 bridgehead atoms. The first kappa shape index (κ1) is 20.8. The third-order valence-electron chi connectivity index (χ3n) is 3.77. The number of rotatable bonds is 6. The fraction of sp³-hybridized carbons (Fsp3) is 0.263. The summed E-state index contributed by atoms with van der Waals surface area (Å²) in [5, 5.41) is 4.99. The van der Waals surface area contributed by atoms with E-state index in [1.165, 1.54) is 12.1 Å². The Morgan fingerprint density at radius 3 is 2.07 bits per heavy atom. The van der Waals surface area contributed by atoms with Gasteiger partial charge in [0.1, 0.15) is 5.92 Å². The Labute approximate surface area is 159 Å². The SMILES string of the molecule is Cc1cccc(NC(=O)C(CCCl)C(=O)Nc2cccc(C(F)(F)F)c2)c1. The number of halogens is 4. The standard InChI is InChI=1S/C19H18ClF3N2O2/c1-12-4-2-6-14(10-12)24-17(26)16(8-9-20)18(27)25-15-7-3-5-13(11-15)19(21,22)23/h2-7,10-11,16H,8-9H2,1H3,(H,24,26)(H,25,27). The van der Waals surface area contributed by atoms with Gasteiger partial charge in [0.2, 0.25) is 11.8 Å². The lowest BCUT2D eigenvalue weighted by molar-refractivity contribution is -0.137. The molecule has 4 nitrogen and oxygen atoms in total. The number of carbonyl (C=O) groups is 2. The van der Waals surface area contributed by atoms with Gasteiger partial charge < -0.3 is 10.6 Å². The molecule has 2 aromatic carbocycles. The van der Waals surface area contributed by atoms with Gasteiger partial charge in [-0.2, -0.15) is 13.2 Å². The molecule has 144 valence electrons. The van der Waals surface area contributed by atoms with Crippen molar-refractivity contribution < 1.29 is 22.8 Å². The van der Waals surface area contributed by atoms with E-state index in [-0.39, 0.29) is 18.0 Å². The maximum Gasteiger partial charge on any atom is 0.416 e. The number of hydrogen-bond acceptors (Lipinski definition) is 2. The first-order valence-electron chi connectivity index (χ1n) is 8.12. The largest absolute Gasteiger partial charge is 0.416 e. The number of anilines is 2. The second-order valence-corrected chi connectivity index (χ2v) is 6.33. The lowest BCUT2D eigenvalue weighted by atomic mass is 10.0. The minimum absolute atomic E-state index is 0.0436. The van der Waals surface area contributed by atoms with Crippen molar-refractivity contribution in [2.24, 2.45) is 5.92 Å². The van der Waals surface area contributed by atoms with Crippen molar-refractivity contribution in [2.45, 2.75) is 19.5 Å². The molecular formula is C19H18ClF3N2O2. The third kappa shape index (κ3) is 5.99. The molecule has 0 aliphatic heterocycles. The van der Waals surface area contributed by atoms with E-state index in [1.807, 2.05) is 13.0 Å². The van der Waals surface area contributed by atoms with Crippen molar-refractivity contribution in [1.29, 1.82) is 0 Å². The molecule has 2 N–H and O–H groups in total. The van der Waals surface area contributed by atoms with Crippen LogP contribution < -0.4 is 10.6 Å². The van der Waals surface area contributed by atoms with Gasteiger partial charge in [0.25, 0.3) is 0 Å². The average Bonchev–Trinajstić information content (AvgIpc) is 2.59. The van der Waals surface area contributed by atoms with Gasteiger partial charge in [-0.3, -0.25) is 9.59 Å². The second kappa shape index (κ2) is 8.90. The first-order valence-corrected chi connectivity index (χ1v) is 8.66. The maximum atomic E-state index is 12.8. The van der Waals surface area contributed by atoms with Crippen molar-refractivity contribution in [3.8, 4) is 0 Å². The predicted octanol–water partition coefficient (Wildman–Crippen LogP) is 4.84. The summed E-state index contributed by atoms with van der Waals surface area (Å²) < 4.78 is 38.4. The van der Waals surface area contributed by atoms with Crippen LogP contribution in [0.4, 0.5) is 24.5 Å². The summed E-state index contributed by atoms with van der Waals surface area (Å²) in [7, 11) is 0. The Morgan fingerprint density at radius 2 is 1.56 bits per heavy atom. The van der Waals surface area contributed by atoms with Crippen LogP contribution >= 0.6 is 11.6 Å². The Kier molecular flexibility index (Phi) is 6.85. The van der Waals surface area contributed by atoms with Gasteiger partial charge in [0.15, 0.2) is 0 Å². The Bertz CT molecular complexity index is 825. The van der Waals surface area contributed by atoms with E-state index >= 15 is 0 Å². The molecular weight excluding hydrogens is 381 g/mol. The average molecular weight is 399 g/mol. The molecule has 1 unspecified atom stereocenters. The van der Waals surface area contributed by atoms with Crippen LogP contribution in [0.15, 0.2) is 48.5 Å². The molecule has 0 aromatic heterocycles. The van der Waals surface area contributed by atoms with Crippen LogP contribution in [-0.2, 0) is 15.8 Å². The number of benzene rings is 2. The zero-order valence-electron chi connectivity index (χ0n) is 14.4. The molecule has 1 atom stereocenters. The zero-order chi connectivity index (χ0) is 20.0. The molecule has 2 rings (SSSR count). The molecule has 8 heteroatoms. The summed E-state index contributed by atoms with van der Waals surface area (Å²) in [6, 6.07) is 11.2. The van der Waals surface area contributed by atoms with E-state index in [2.05, 4.69) is 10.6 Å². The lowest BCUT2D eigenvalue weighted by Gasteiger charge is -2.17. The monoisotopic (exact) mass is 398 g/mol. The molecule has 2 aromatic rings. The van der Waals surface area contributed by atoms with Gasteiger partial charge in [-0.1, -0.05) is 18.2 Å². The topological polar surface area (TPSA) is 58.2 Å². The molecule has 0 fully saturated rings. The number of aryl methyl sites for hydroxylation is 1. The van der Waals surface area contributed by atoms with Crippen molar-refractivity contribution in [1.82, 2.24) is 0 Å². The minimum atomic E-state index is -4.53. The van der Waals surface area contributed by atoms with E-state index in [9.17, 15) is 22.8 Å². The van der Waals surface area contributed by atoms with Crippen LogP contribution in [0.5, 0.6) is 0 Å². The summed E-state index contributed by atoms with van der Waals surface area (Å²) in [4.78, 5) is 24.9. The third-order valence-corrected chi connectivity index (χ3v) is 3.99. The van der Waals surface area contributed by atoms with Crippen LogP contribution in [0.25, 0.3) is 0 Å². The Balaban J connectivity index is 2.13. The van der Waals surface area contributed by atoms with Crippen molar-refractivity contribution >= 4 is 34.8 Å². The normalized spacial score (nSPS) is 12.3. The summed E-state index contributed by atoms with van der Waals surface area (Å²) >= 11 is 5.69. The van der Waals surface area contributed by atoms with Gasteiger partial charge in [-0.15, -0.1) is 11.6 Å². The van der Waals surface area contributed by atoms with Gasteiger partial charge in [0.05, 0.1) is 5.56 Å². The molecule has 0 saturated carbocycles. The molecule has 0 spiro atoms. The lowest BCUT2D eigenvalue weighted by Crippen LogP contribution is -2.34. The summed E-state index contributed by atoms with van der Waals surface area (Å²) in [5.41, 5.74) is 0.512. The molecule has 0 aliphatic carbocycles. The van der Waals surface area contributed by atoms with E-state index in [0.717, 1.165) is 17.7 Å². The van der Waals surface area contributed by atoms with Crippen LogP contribution in [0.3, 0.4) is 0 Å². The van der Waals surface area contributed by atoms with E-state index in [0.29, 0.717) is 5.69 Å². The molecule has 2 amide bonds. The van der Waals surface area contributed by atoms with Crippen molar-refractivity contribution in [3.63, 3.8) is 0 Å². The fourth-order valence-corrected chi connectivity index (χ4v) is 2.66. The fourth-order valence-electron chi connectivity index (χ4n) is 2.45. The predicted molar refractivity (Wildman–Crippen MR) is 98.7 cm³/mol. The smallest absolute Gasteiger partial charge is 0.325 e. The highest BCUT2D eigenvalue weighted by Crippen LogP contribution is 2.30. The number of alkyl halides is 4. The van der Waals surface area contributed by atoms with E-state index in [4.69, 9.17) is 11.6 Å². The highest BCUT2D eigenvalue weighted by Gasteiger charge is 2.31. The van der Waals surface area contributed by atoms with Gasteiger partial charge in [-0.05, 0) is 49.2 Å². The molecule has 0 radical (unpaired) electrons. The van der Waals surface area contributed by atoms with Crippen molar-refractivity contribution in [2.75, 3.05) is 16.5 Å². The van der Waals surface area contributed by atoms with Gasteiger partial charge >= 0.3 is 6.18 Å². The van der Waals surface area contributed by atoms with Gasteiger partial charge in [-0.25, -0.2) is 0 Å². The highest BCUT2D eigenvalue weighted by atomic mass is 35.5. The second-order valence-electron chi connectivity index (χ2n) is 5.96. The number of carbonyl (C=O) groups excluding carboxylic acids is 2. The van der Waals surface area contributed by atoms with Crippen LogP contribution in [-0.4, -0.2) is 17.7 Å². The summed E-state index contributed by atoms with van der Waals surface area (Å²) in [5.74, 6) is -2.40. The zero-order valence-corrected chi connectivity index (χ0v) is 15.2. The highest BCUT2D eigenvalue weighted by molar-refractivity contribution is 6.19. The Hall–Kier alpha value is -2.54. The number of amides is 2. The molecule has 27 heavy (non-hydrogen) atoms. The minimum Gasteiger partial charge on any atom is -0.325 e. The summed E-state index contributed by atoms with van der Waals surface area (Å²) in [6.07, 6.45) is -4.48. The summed E-state index contributed by atoms with van der Waals surface area (Å²) in [6.45, 7) is 1.85. The first-order chi connectivity index (χ1) is 12.7. The van der Waals surface area contributed by atoms with Crippen LogP contribution in [0.1, 0.15) is 17.5 Å². The van der Waals surface area contributed by atoms with E-state index < -0.39 is 29.5 Å². The number of nitrogens with one attached hydrogen (secondary N) is 2. The molecule has 0 aliphatic rings. The van der Waals surface area contributed by atoms with Crippen LogP contribution in [0, 0.1) is 12.8 Å².